The number of hydrogen-bond acceptors (Lipinski definition) is 3. The fourth-order valence-corrected chi connectivity index (χ4v) is 7.52. The molecule has 2 aromatic heterocycles. The fourth-order valence-electron chi connectivity index (χ4n) is 7.52. The van der Waals surface area contributed by atoms with Crippen LogP contribution in [0, 0.1) is 0 Å². The Balaban J connectivity index is 1.22. The molecule has 0 aliphatic rings. The van der Waals surface area contributed by atoms with Crippen LogP contribution in [0.5, 0.6) is 0 Å². The van der Waals surface area contributed by atoms with Crippen LogP contribution in [0.2, 0.25) is 0 Å². The summed E-state index contributed by atoms with van der Waals surface area (Å²) in [6.45, 7) is 0. The van der Waals surface area contributed by atoms with E-state index in [4.69, 9.17) is 8.83 Å². The van der Waals surface area contributed by atoms with Crippen molar-refractivity contribution in [2.45, 2.75) is 0 Å². The molecule has 2 heterocycles. The van der Waals surface area contributed by atoms with Crippen LogP contribution in [0.25, 0.3) is 77.3 Å². The minimum Gasteiger partial charge on any atom is -0.456 e. The van der Waals surface area contributed by atoms with E-state index in [0.29, 0.717) is 0 Å². The molecule has 0 unspecified atom stereocenters. The van der Waals surface area contributed by atoms with E-state index in [1.807, 2.05) is 24.3 Å². The molecule has 3 nitrogen and oxygen atoms in total. The number of nitrogens with zero attached hydrogens (tertiary/aromatic N) is 1. The van der Waals surface area contributed by atoms with Crippen LogP contribution in [0.4, 0.5) is 17.1 Å². The van der Waals surface area contributed by atoms with Gasteiger partial charge in [0.25, 0.3) is 0 Å². The zero-order valence-electron chi connectivity index (χ0n) is 27.7. The lowest BCUT2D eigenvalue weighted by Gasteiger charge is -2.30. The Labute approximate surface area is 295 Å². The first kappa shape index (κ1) is 29.1. The Morgan fingerprint density at radius 1 is 0.294 bits per heavy atom. The summed E-state index contributed by atoms with van der Waals surface area (Å²) in [5, 5.41) is 4.38. The molecule has 10 aromatic rings. The van der Waals surface area contributed by atoms with E-state index in [1.54, 1.807) is 0 Å². The van der Waals surface area contributed by atoms with Gasteiger partial charge in [0.1, 0.15) is 22.3 Å². The average molecular weight is 654 g/mol. The first-order chi connectivity index (χ1) is 25.3. The molecule has 10 rings (SSSR count). The van der Waals surface area contributed by atoms with Gasteiger partial charge in [-0.25, -0.2) is 0 Å². The monoisotopic (exact) mass is 653 g/mol. The molecule has 0 spiro atoms. The van der Waals surface area contributed by atoms with Crippen LogP contribution < -0.4 is 4.90 Å². The van der Waals surface area contributed by atoms with Crippen LogP contribution >= 0.6 is 0 Å². The highest BCUT2D eigenvalue weighted by Crippen LogP contribution is 2.48. The van der Waals surface area contributed by atoms with Gasteiger partial charge in [-0.1, -0.05) is 140 Å². The third-order valence-corrected chi connectivity index (χ3v) is 9.90. The quantitative estimate of drug-likeness (QED) is 0.179. The van der Waals surface area contributed by atoms with Gasteiger partial charge < -0.3 is 13.7 Å². The van der Waals surface area contributed by atoms with Crippen molar-refractivity contribution in [3.8, 4) is 33.4 Å². The van der Waals surface area contributed by atoms with E-state index in [1.165, 1.54) is 11.1 Å². The van der Waals surface area contributed by atoms with Crippen LogP contribution in [0.15, 0.2) is 197 Å². The van der Waals surface area contributed by atoms with Gasteiger partial charge in [0.2, 0.25) is 0 Å². The van der Waals surface area contributed by atoms with Gasteiger partial charge in [-0.05, 0) is 70.8 Å². The van der Waals surface area contributed by atoms with Crippen molar-refractivity contribution in [2.75, 3.05) is 4.90 Å². The Morgan fingerprint density at radius 2 is 0.784 bits per heavy atom. The van der Waals surface area contributed by atoms with Gasteiger partial charge >= 0.3 is 0 Å². The number of fused-ring (bicyclic) bond motifs is 6. The first-order valence-corrected chi connectivity index (χ1v) is 17.3. The summed E-state index contributed by atoms with van der Waals surface area (Å²) in [5.74, 6) is 0. The summed E-state index contributed by atoms with van der Waals surface area (Å²) >= 11 is 0. The first-order valence-electron chi connectivity index (χ1n) is 17.3. The topological polar surface area (TPSA) is 29.5 Å². The molecule has 3 heteroatoms. The number of rotatable bonds is 6. The maximum atomic E-state index is 6.44. The minimum atomic E-state index is 0.854. The second-order valence-electron chi connectivity index (χ2n) is 12.9. The molecule has 240 valence electrons. The van der Waals surface area contributed by atoms with E-state index < -0.39 is 0 Å². The summed E-state index contributed by atoms with van der Waals surface area (Å²) in [5.41, 5.74) is 13.6. The molecule has 0 saturated carbocycles. The second kappa shape index (κ2) is 11.9. The van der Waals surface area contributed by atoms with Crippen LogP contribution in [0.3, 0.4) is 0 Å². The Morgan fingerprint density at radius 3 is 1.55 bits per heavy atom. The molecule has 8 aromatic carbocycles. The molecule has 51 heavy (non-hydrogen) atoms. The Hall–Kier alpha value is -6.84. The largest absolute Gasteiger partial charge is 0.456 e. The number of benzene rings is 8. The van der Waals surface area contributed by atoms with Crippen molar-refractivity contribution < 1.29 is 8.83 Å². The molecule has 0 radical (unpaired) electrons. The van der Waals surface area contributed by atoms with E-state index in [0.717, 1.165) is 83.2 Å². The lowest BCUT2D eigenvalue weighted by molar-refractivity contribution is 0.668. The van der Waals surface area contributed by atoms with Crippen LogP contribution in [-0.2, 0) is 0 Å². The average Bonchev–Trinajstić information content (AvgIpc) is 3.77. The van der Waals surface area contributed by atoms with Crippen molar-refractivity contribution in [1.82, 2.24) is 0 Å². The van der Waals surface area contributed by atoms with Gasteiger partial charge in [0, 0.05) is 27.3 Å². The Kier molecular flexibility index (Phi) is 6.81. The summed E-state index contributed by atoms with van der Waals surface area (Å²) < 4.78 is 12.7. The molecule has 0 bridgehead atoms. The maximum absolute atomic E-state index is 6.44. The van der Waals surface area contributed by atoms with E-state index in [2.05, 4.69) is 169 Å². The third-order valence-electron chi connectivity index (χ3n) is 9.90. The summed E-state index contributed by atoms with van der Waals surface area (Å²) in [6.07, 6.45) is 0. The second-order valence-corrected chi connectivity index (χ2v) is 12.9. The van der Waals surface area contributed by atoms with Crippen molar-refractivity contribution in [1.29, 1.82) is 0 Å². The number of hydrogen-bond donors (Lipinski definition) is 0. The van der Waals surface area contributed by atoms with Crippen molar-refractivity contribution in [2.24, 2.45) is 0 Å². The molecule has 0 saturated heterocycles. The van der Waals surface area contributed by atoms with E-state index in [-0.39, 0.29) is 0 Å². The van der Waals surface area contributed by atoms with E-state index in [9.17, 15) is 0 Å². The molecule has 0 amide bonds. The van der Waals surface area contributed by atoms with Gasteiger partial charge in [0.15, 0.2) is 0 Å². The normalized spacial score (nSPS) is 11.5. The molecular formula is C48H31NO2. The molecular weight excluding hydrogens is 623 g/mol. The van der Waals surface area contributed by atoms with Gasteiger partial charge in [0.05, 0.1) is 22.4 Å². The molecule has 0 N–H and O–H groups in total. The lowest BCUT2D eigenvalue weighted by atomic mass is 9.96. The SMILES string of the molecule is c1ccc(-c2ccc(-c3ccccc3N(c3ccccc3-c3ccc4oc5ccccc5c4c3)c3cccc4oc5ccccc5c34)cc2)cc1. The standard InChI is InChI=1S/C48H31NO2/c1-2-13-32(14-3-1)33-25-27-34(28-26-33)36-15-4-8-19-41(36)49(43-21-12-24-47-48(43)39-18-7-11-23-45(39)51-47)42-20-9-5-16-37(42)35-29-30-46-40(31-35)38-17-6-10-22-44(38)50-46/h1-31H. The fraction of sp³-hybridized carbons (Fsp3) is 0. The van der Waals surface area contributed by atoms with Gasteiger partial charge in [-0.3, -0.25) is 0 Å². The zero-order chi connectivity index (χ0) is 33.7. The predicted octanol–water partition coefficient (Wildman–Crippen LogP) is 14.0. The predicted molar refractivity (Wildman–Crippen MR) is 212 cm³/mol. The van der Waals surface area contributed by atoms with Crippen LogP contribution in [-0.4, -0.2) is 0 Å². The molecule has 0 atom stereocenters. The van der Waals surface area contributed by atoms with Crippen molar-refractivity contribution in [3.63, 3.8) is 0 Å². The highest BCUT2D eigenvalue weighted by atomic mass is 16.3. The smallest absolute Gasteiger partial charge is 0.137 e. The number of furan rings is 2. The highest BCUT2D eigenvalue weighted by Gasteiger charge is 2.24. The Bertz CT molecular complexity index is 2860. The van der Waals surface area contributed by atoms with E-state index >= 15 is 0 Å². The third kappa shape index (κ3) is 4.90. The van der Waals surface area contributed by atoms with Crippen molar-refractivity contribution >= 4 is 60.9 Å². The van der Waals surface area contributed by atoms with Crippen LogP contribution in [0.1, 0.15) is 0 Å². The van der Waals surface area contributed by atoms with Crippen molar-refractivity contribution in [3.05, 3.63) is 188 Å². The van der Waals surface area contributed by atoms with Gasteiger partial charge in [-0.2, -0.15) is 0 Å². The summed E-state index contributed by atoms with van der Waals surface area (Å²) in [6, 6.07) is 66.3. The zero-order valence-corrected chi connectivity index (χ0v) is 27.7. The maximum Gasteiger partial charge on any atom is 0.137 e. The summed E-state index contributed by atoms with van der Waals surface area (Å²) in [7, 11) is 0. The number of para-hydroxylation sites is 4. The van der Waals surface area contributed by atoms with Gasteiger partial charge in [-0.15, -0.1) is 0 Å². The minimum absolute atomic E-state index is 0.854. The summed E-state index contributed by atoms with van der Waals surface area (Å²) in [4.78, 5) is 2.41. The molecule has 0 aliphatic heterocycles. The molecule has 0 aliphatic carbocycles. The number of anilines is 3. The lowest BCUT2D eigenvalue weighted by Crippen LogP contribution is -2.12. The molecule has 0 fully saturated rings. The highest BCUT2D eigenvalue weighted by molar-refractivity contribution is 6.14.